The molecule has 0 radical (unpaired) electrons. The Morgan fingerprint density at radius 2 is 2.31 bits per heavy atom. The van der Waals surface area contributed by atoms with Crippen molar-refractivity contribution in [3.8, 4) is 0 Å². The number of benzene rings is 1. The molecule has 0 saturated carbocycles. The predicted octanol–water partition coefficient (Wildman–Crippen LogP) is 3.03. The van der Waals surface area contributed by atoms with Crippen molar-refractivity contribution in [3.05, 3.63) is 29.3 Å². The smallest absolute Gasteiger partial charge is 0.0417 e. The molecule has 0 bridgehead atoms. The SMILES string of the molecule is CC(CN)CSc1cccc(Cl)c1. The molecule has 1 rings (SSSR count). The largest absolute Gasteiger partial charge is 0.330 e. The molecule has 1 nitrogen and oxygen atoms in total. The lowest BCUT2D eigenvalue weighted by atomic mass is 10.2. The van der Waals surface area contributed by atoms with E-state index in [1.807, 2.05) is 18.2 Å². The first-order valence-corrected chi connectivity index (χ1v) is 5.67. The zero-order valence-corrected chi connectivity index (χ0v) is 9.24. The zero-order chi connectivity index (χ0) is 9.68. The summed E-state index contributed by atoms with van der Waals surface area (Å²) in [6, 6.07) is 7.91. The van der Waals surface area contributed by atoms with E-state index in [1.54, 1.807) is 11.8 Å². The molecule has 0 saturated heterocycles. The minimum atomic E-state index is 0.559. The minimum absolute atomic E-state index is 0.559. The van der Waals surface area contributed by atoms with Gasteiger partial charge in [0.05, 0.1) is 0 Å². The molecular weight excluding hydrogens is 202 g/mol. The number of hydrogen-bond acceptors (Lipinski definition) is 2. The van der Waals surface area contributed by atoms with E-state index < -0.39 is 0 Å². The third-order valence-electron chi connectivity index (χ3n) is 1.73. The minimum Gasteiger partial charge on any atom is -0.330 e. The Labute approximate surface area is 88.7 Å². The van der Waals surface area contributed by atoms with Crippen LogP contribution < -0.4 is 5.73 Å². The molecule has 72 valence electrons. The van der Waals surface area contributed by atoms with Gasteiger partial charge in [0.2, 0.25) is 0 Å². The van der Waals surface area contributed by atoms with Gasteiger partial charge in [-0.25, -0.2) is 0 Å². The van der Waals surface area contributed by atoms with Crippen LogP contribution in [0, 0.1) is 5.92 Å². The van der Waals surface area contributed by atoms with E-state index in [1.165, 1.54) is 4.90 Å². The molecule has 0 fully saturated rings. The summed E-state index contributed by atoms with van der Waals surface area (Å²) in [5.74, 6) is 1.61. The molecule has 0 aliphatic heterocycles. The van der Waals surface area contributed by atoms with Crippen molar-refractivity contribution in [1.29, 1.82) is 0 Å². The average Bonchev–Trinajstić information content (AvgIpc) is 2.14. The molecule has 0 aliphatic rings. The summed E-state index contributed by atoms with van der Waals surface area (Å²) in [4.78, 5) is 1.22. The lowest BCUT2D eigenvalue weighted by Gasteiger charge is -2.07. The topological polar surface area (TPSA) is 26.0 Å². The Kier molecular flexibility index (Phi) is 4.64. The fraction of sp³-hybridized carbons (Fsp3) is 0.400. The van der Waals surface area contributed by atoms with E-state index in [9.17, 15) is 0 Å². The highest BCUT2D eigenvalue weighted by Crippen LogP contribution is 2.23. The molecule has 1 atom stereocenters. The maximum Gasteiger partial charge on any atom is 0.0417 e. The van der Waals surface area contributed by atoms with Crippen LogP contribution in [-0.2, 0) is 0 Å². The Bertz CT molecular complexity index is 265. The molecular formula is C10H14ClNS. The fourth-order valence-electron chi connectivity index (χ4n) is 0.863. The summed E-state index contributed by atoms with van der Waals surface area (Å²) < 4.78 is 0. The Balaban J connectivity index is 2.45. The van der Waals surface area contributed by atoms with Crippen molar-refractivity contribution in [1.82, 2.24) is 0 Å². The lowest BCUT2D eigenvalue weighted by Crippen LogP contribution is -2.12. The highest BCUT2D eigenvalue weighted by Gasteiger charge is 2.00. The van der Waals surface area contributed by atoms with Crippen molar-refractivity contribution >= 4 is 23.4 Å². The standard InChI is InChI=1S/C10H14ClNS/c1-8(6-12)7-13-10-4-2-3-9(11)5-10/h2-5,8H,6-7,12H2,1H3. The van der Waals surface area contributed by atoms with Crippen LogP contribution in [0.15, 0.2) is 29.2 Å². The summed E-state index contributed by atoms with van der Waals surface area (Å²) in [6.45, 7) is 2.89. The van der Waals surface area contributed by atoms with E-state index in [0.717, 1.165) is 17.3 Å². The van der Waals surface area contributed by atoms with Crippen LogP contribution in [-0.4, -0.2) is 12.3 Å². The van der Waals surface area contributed by atoms with Gasteiger partial charge in [0.15, 0.2) is 0 Å². The molecule has 1 aromatic carbocycles. The van der Waals surface area contributed by atoms with Gasteiger partial charge in [0, 0.05) is 15.7 Å². The third-order valence-corrected chi connectivity index (χ3v) is 3.29. The number of rotatable bonds is 4. The molecule has 0 aliphatic carbocycles. The summed E-state index contributed by atoms with van der Waals surface area (Å²) in [7, 11) is 0. The maximum absolute atomic E-state index is 5.86. The number of nitrogens with two attached hydrogens (primary N) is 1. The van der Waals surface area contributed by atoms with Gasteiger partial charge < -0.3 is 5.73 Å². The van der Waals surface area contributed by atoms with Gasteiger partial charge in [-0.15, -0.1) is 11.8 Å². The van der Waals surface area contributed by atoms with Crippen LogP contribution in [0.5, 0.6) is 0 Å². The summed E-state index contributed by atoms with van der Waals surface area (Å²) in [5.41, 5.74) is 5.53. The molecule has 1 unspecified atom stereocenters. The molecule has 3 heteroatoms. The summed E-state index contributed by atoms with van der Waals surface area (Å²) >= 11 is 7.66. The first-order valence-electron chi connectivity index (χ1n) is 4.31. The third kappa shape index (κ3) is 4.03. The summed E-state index contributed by atoms with van der Waals surface area (Å²) in [5, 5.41) is 0.797. The molecule has 0 spiro atoms. The zero-order valence-electron chi connectivity index (χ0n) is 7.66. The average molecular weight is 216 g/mol. The van der Waals surface area contributed by atoms with Crippen LogP contribution >= 0.6 is 23.4 Å². The van der Waals surface area contributed by atoms with Crippen LogP contribution in [0.2, 0.25) is 5.02 Å². The first kappa shape index (κ1) is 10.9. The molecule has 2 N–H and O–H groups in total. The van der Waals surface area contributed by atoms with Crippen LogP contribution in [0.1, 0.15) is 6.92 Å². The molecule has 13 heavy (non-hydrogen) atoms. The maximum atomic E-state index is 5.86. The van der Waals surface area contributed by atoms with E-state index in [0.29, 0.717) is 5.92 Å². The van der Waals surface area contributed by atoms with Gasteiger partial charge in [-0.05, 0) is 30.7 Å². The van der Waals surface area contributed by atoms with Gasteiger partial charge in [-0.2, -0.15) is 0 Å². The van der Waals surface area contributed by atoms with Gasteiger partial charge in [0.25, 0.3) is 0 Å². The normalized spacial score (nSPS) is 12.8. The van der Waals surface area contributed by atoms with Crippen LogP contribution in [0.4, 0.5) is 0 Å². The van der Waals surface area contributed by atoms with Gasteiger partial charge in [0.1, 0.15) is 0 Å². The van der Waals surface area contributed by atoms with E-state index in [4.69, 9.17) is 17.3 Å². The fourth-order valence-corrected chi connectivity index (χ4v) is 2.12. The molecule has 0 amide bonds. The lowest BCUT2D eigenvalue weighted by molar-refractivity contribution is 0.675. The van der Waals surface area contributed by atoms with Crippen molar-refractivity contribution < 1.29 is 0 Å². The molecule has 1 aromatic rings. The second-order valence-corrected chi connectivity index (χ2v) is 4.64. The van der Waals surface area contributed by atoms with E-state index in [2.05, 4.69) is 13.0 Å². The highest BCUT2D eigenvalue weighted by molar-refractivity contribution is 7.99. The Hall–Kier alpha value is -0.180. The molecule has 0 aromatic heterocycles. The second-order valence-electron chi connectivity index (χ2n) is 3.11. The summed E-state index contributed by atoms with van der Waals surface area (Å²) in [6.07, 6.45) is 0. The van der Waals surface area contributed by atoms with Crippen LogP contribution in [0.3, 0.4) is 0 Å². The highest BCUT2D eigenvalue weighted by atomic mass is 35.5. The molecule has 0 heterocycles. The number of halogens is 1. The number of thioether (sulfide) groups is 1. The van der Waals surface area contributed by atoms with E-state index >= 15 is 0 Å². The second kappa shape index (κ2) is 5.53. The first-order chi connectivity index (χ1) is 6.22. The van der Waals surface area contributed by atoms with Crippen molar-refractivity contribution in [2.24, 2.45) is 11.7 Å². The van der Waals surface area contributed by atoms with Crippen molar-refractivity contribution in [2.45, 2.75) is 11.8 Å². The van der Waals surface area contributed by atoms with Crippen LogP contribution in [0.25, 0.3) is 0 Å². The number of hydrogen-bond donors (Lipinski definition) is 1. The Morgan fingerprint density at radius 3 is 2.92 bits per heavy atom. The monoisotopic (exact) mass is 215 g/mol. The Morgan fingerprint density at radius 1 is 1.54 bits per heavy atom. The predicted molar refractivity (Wildman–Crippen MR) is 60.4 cm³/mol. The van der Waals surface area contributed by atoms with Gasteiger partial charge in [-0.1, -0.05) is 24.6 Å². The quantitative estimate of drug-likeness (QED) is 0.782. The van der Waals surface area contributed by atoms with Crippen molar-refractivity contribution in [2.75, 3.05) is 12.3 Å². The van der Waals surface area contributed by atoms with E-state index in [-0.39, 0.29) is 0 Å². The van der Waals surface area contributed by atoms with Crippen molar-refractivity contribution in [3.63, 3.8) is 0 Å². The van der Waals surface area contributed by atoms with Gasteiger partial charge in [-0.3, -0.25) is 0 Å². The van der Waals surface area contributed by atoms with Gasteiger partial charge >= 0.3 is 0 Å².